The molecule has 216 valence electrons. The minimum absolute atomic E-state index is 0.0159. The third kappa shape index (κ3) is 9.42. The second-order valence-corrected chi connectivity index (χ2v) is 12.4. The van der Waals surface area contributed by atoms with E-state index in [4.69, 9.17) is 49.0 Å². The number of hydrogen-bond acceptors (Lipinski definition) is 8. The molecule has 0 heterocycles. The van der Waals surface area contributed by atoms with Crippen molar-refractivity contribution in [2.24, 2.45) is 0 Å². The molecule has 0 aliphatic heterocycles. The van der Waals surface area contributed by atoms with Gasteiger partial charge in [0.05, 0.1) is 28.7 Å². The van der Waals surface area contributed by atoms with Crippen LogP contribution in [0.4, 0.5) is 0 Å². The van der Waals surface area contributed by atoms with Crippen LogP contribution < -0.4 is 9.47 Å². The number of hydrogen-bond donors (Lipinski definition) is 1. The number of carbonyl (C=O) groups excluding carboxylic acids is 2. The molecule has 0 spiro atoms. The standard InChI is InChI=1S/C26H32Cl3NO8S/c1-16(31)30(39(5,34)35)13-22(38-17(2)32)15-36-21-8-6-18(7-9-21)26(3,4)19-10-23(28)25(24(29)11-19)37-14-20(33)12-27/h6-11,20,22,33H,12-15H2,1-5H3. The molecular weight excluding hydrogens is 593 g/mol. The average Bonchev–Trinajstić information content (AvgIpc) is 2.83. The van der Waals surface area contributed by atoms with Gasteiger partial charge in [-0.05, 0) is 35.4 Å². The topological polar surface area (TPSA) is 119 Å². The van der Waals surface area contributed by atoms with Crippen LogP contribution in [-0.4, -0.2) is 73.8 Å². The molecule has 39 heavy (non-hydrogen) atoms. The summed E-state index contributed by atoms with van der Waals surface area (Å²) in [6.45, 7) is 5.68. The lowest BCUT2D eigenvalue weighted by molar-refractivity contribution is -0.149. The van der Waals surface area contributed by atoms with Crippen molar-refractivity contribution in [3.63, 3.8) is 0 Å². The Balaban J connectivity index is 2.18. The molecule has 13 heteroatoms. The Morgan fingerprint density at radius 1 is 1.00 bits per heavy atom. The normalized spacial score (nSPS) is 13.4. The number of aliphatic hydroxyl groups excluding tert-OH is 1. The smallest absolute Gasteiger partial charge is 0.303 e. The third-order valence-electron chi connectivity index (χ3n) is 5.78. The van der Waals surface area contributed by atoms with E-state index in [0.717, 1.165) is 24.3 Å². The van der Waals surface area contributed by atoms with Crippen LogP contribution in [0, 0.1) is 0 Å². The SMILES string of the molecule is CC(=O)OC(COc1ccc(C(C)(C)c2cc(Cl)c(OCC(O)CCl)c(Cl)c2)cc1)CN(C(C)=O)S(C)(=O)=O. The van der Waals surface area contributed by atoms with Crippen molar-refractivity contribution < 1.29 is 37.3 Å². The molecular formula is C26H32Cl3NO8S. The molecule has 0 aliphatic rings. The minimum atomic E-state index is -3.85. The van der Waals surface area contributed by atoms with E-state index >= 15 is 0 Å². The number of aliphatic hydroxyl groups is 1. The largest absolute Gasteiger partial charge is 0.490 e. The summed E-state index contributed by atoms with van der Waals surface area (Å²) in [5.74, 6) is -0.622. The van der Waals surface area contributed by atoms with E-state index in [1.165, 1.54) is 6.92 Å². The molecule has 2 atom stereocenters. The second-order valence-electron chi connectivity index (χ2n) is 9.39. The number of esters is 1. The van der Waals surface area contributed by atoms with Crippen molar-refractivity contribution in [2.45, 2.75) is 45.3 Å². The summed E-state index contributed by atoms with van der Waals surface area (Å²) < 4.78 is 41.0. The lowest BCUT2D eigenvalue weighted by atomic mass is 9.78. The maximum absolute atomic E-state index is 11.9. The van der Waals surface area contributed by atoms with Crippen LogP contribution in [0.1, 0.15) is 38.8 Å². The quantitative estimate of drug-likeness (QED) is 0.257. The van der Waals surface area contributed by atoms with Crippen LogP contribution >= 0.6 is 34.8 Å². The van der Waals surface area contributed by atoms with Gasteiger partial charge in [0.15, 0.2) is 11.9 Å². The van der Waals surface area contributed by atoms with Crippen molar-refractivity contribution in [3.05, 3.63) is 57.6 Å². The van der Waals surface area contributed by atoms with Crippen LogP contribution in [0.2, 0.25) is 10.0 Å². The molecule has 2 rings (SSSR count). The summed E-state index contributed by atoms with van der Waals surface area (Å²) in [4.78, 5) is 23.3. The summed E-state index contributed by atoms with van der Waals surface area (Å²) >= 11 is 18.5. The fourth-order valence-corrected chi connectivity index (χ4v) is 5.24. The number of halogens is 3. The summed E-state index contributed by atoms with van der Waals surface area (Å²) in [6, 6.07) is 10.6. The Morgan fingerprint density at radius 3 is 2.03 bits per heavy atom. The zero-order chi connectivity index (χ0) is 29.5. The first-order valence-electron chi connectivity index (χ1n) is 11.8. The molecule has 2 unspecified atom stereocenters. The Bertz CT molecular complexity index is 1250. The van der Waals surface area contributed by atoms with Gasteiger partial charge in [-0.3, -0.25) is 9.59 Å². The predicted molar refractivity (Wildman–Crippen MR) is 151 cm³/mol. The van der Waals surface area contributed by atoms with Crippen LogP contribution in [0.25, 0.3) is 0 Å². The predicted octanol–water partition coefficient (Wildman–Crippen LogP) is 4.42. The molecule has 0 fully saturated rings. The molecule has 0 saturated carbocycles. The first-order chi connectivity index (χ1) is 18.1. The molecule has 0 radical (unpaired) electrons. The molecule has 1 N–H and O–H groups in total. The van der Waals surface area contributed by atoms with E-state index in [9.17, 15) is 23.1 Å². The highest BCUT2D eigenvalue weighted by Crippen LogP contribution is 2.40. The molecule has 0 aromatic heterocycles. The average molecular weight is 625 g/mol. The van der Waals surface area contributed by atoms with Gasteiger partial charge >= 0.3 is 5.97 Å². The first kappa shape index (κ1) is 33.0. The van der Waals surface area contributed by atoms with Crippen LogP contribution in [-0.2, 0) is 29.8 Å². The van der Waals surface area contributed by atoms with Crippen molar-refractivity contribution in [2.75, 3.05) is 31.9 Å². The van der Waals surface area contributed by atoms with Crippen molar-refractivity contribution in [1.29, 1.82) is 0 Å². The number of carbonyl (C=O) groups is 2. The van der Waals surface area contributed by atoms with Gasteiger partial charge < -0.3 is 19.3 Å². The van der Waals surface area contributed by atoms with Crippen molar-refractivity contribution >= 4 is 56.7 Å². The van der Waals surface area contributed by atoms with E-state index in [1.54, 1.807) is 24.3 Å². The maximum atomic E-state index is 11.9. The minimum Gasteiger partial charge on any atom is -0.490 e. The van der Waals surface area contributed by atoms with Crippen molar-refractivity contribution in [1.82, 2.24) is 4.31 Å². The van der Waals surface area contributed by atoms with E-state index < -0.39 is 39.5 Å². The number of ether oxygens (including phenoxy) is 3. The molecule has 2 aromatic rings. The van der Waals surface area contributed by atoms with Crippen LogP contribution in [0.5, 0.6) is 11.5 Å². The van der Waals surface area contributed by atoms with Gasteiger partial charge in [-0.2, -0.15) is 0 Å². The summed E-state index contributed by atoms with van der Waals surface area (Å²) in [6.07, 6.45) is -0.964. The molecule has 2 aromatic carbocycles. The Hall–Kier alpha value is -2.24. The number of benzene rings is 2. The van der Waals surface area contributed by atoms with Gasteiger partial charge in [-0.15, -0.1) is 11.6 Å². The lowest BCUT2D eigenvalue weighted by Crippen LogP contribution is -2.43. The van der Waals surface area contributed by atoms with Crippen molar-refractivity contribution in [3.8, 4) is 11.5 Å². The molecule has 9 nitrogen and oxygen atoms in total. The van der Waals surface area contributed by atoms with Gasteiger partial charge in [-0.1, -0.05) is 49.2 Å². The molecule has 0 saturated heterocycles. The van der Waals surface area contributed by atoms with E-state index in [0.29, 0.717) is 10.1 Å². The highest BCUT2D eigenvalue weighted by molar-refractivity contribution is 7.88. The van der Waals surface area contributed by atoms with Crippen LogP contribution in [0.3, 0.4) is 0 Å². The molecule has 0 bridgehead atoms. The summed E-state index contributed by atoms with van der Waals surface area (Å²) in [7, 11) is -3.85. The fraction of sp³-hybridized carbons (Fsp3) is 0.462. The van der Waals surface area contributed by atoms with Gasteiger partial charge in [0.1, 0.15) is 25.1 Å². The lowest BCUT2D eigenvalue weighted by Gasteiger charge is -2.28. The zero-order valence-electron chi connectivity index (χ0n) is 22.2. The Labute approximate surface area is 243 Å². The second kappa shape index (κ2) is 13.9. The molecule has 1 amide bonds. The number of rotatable bonds is 13. The van der Waals surface area contributed by atoms with Gasteiger partial charge in [-0.25, -0.2) is 12.7 Å². The van der Waals surface area contributed by atoms with E-state index in [-0.39, 0.29) is 41.4 Å². The fourth-order valence-electron chi connectivity index (χ4n) is 3.65. The highest BCUT2D eigenvalue weighted by atomic mass is 35.5. The monoisotopic (exact) mass is 623 g/mol. The number of sulfonamides is 1. The van der Waals surface area contributed by atoms with Gasteiger partial charge in [0.25, 0.3) is 0 Å². The van der Waals surface area contributed by atoms with E-state index in [1.807, 2.05) is 26.0 Å². The number of alkyl halides is 1. The third-order valence-corrected chi connectivity index (χ3v) is 7.91. The summed E-state index contributed by atoms with van der Waals surface area (Å²) in [5, 5.41) is 10.2. The van der Waals surface area contributed by atoms with E-state index in [2.05, 4.69) is 0 Å². The van der Waals surface area contributed by atoms with Gasteiger partial charge in [0, 0.05) is 19.3 Å². The van der Waals surface area contributed by atoms with Crippen LogP contribution in [0.15, 0.2) is 36.4 Å². The molecule has 0 aliphatic carbocycles. The first-order valence-corrected chi connectivity index (χ1v) is 14.9. The zero-order valence-corrected chi connectivity index (χ0v) is 25.3. The highest BCUT2D eigenvalue weighted by Gasteiger charge is 2.28. The number of amides is 1. The number of nitrogens with zero attached hydrogens (tertiary/aromatic N) is 1. The summed E-state index contributed by atoms with van der Waals surface area (Å²) in [5.41, 5.74) is 1.19. The Morgan fingerprint density at radius 2 is 1.56 bits per heavy atom. The van der Waals surface area contributed by atoms with Gasteiger partial charge in [0.2, 0.25) is 15.9 Å². The Kier molecular flexibility index (Phi) is 11.7. The maximum Gasteiger partial charge on any atom is 0.303 e.